The molecule has 3 aromatic rings. The van der Waals surface area contributed by atoms with Gasteiger partial charge in [-0.15, -0.1) is 5.10 Å². The van der Waals surface area contributed by atoms with Gasteiger partial charge >= 0.3 is 5.97 Å². The van der Waals surface area contributed by atoms with Gasteiger partial charge in [0, 0.05) is 23.0 Å². The number of benzene rings is 1. The summed E-state index contributed by atoms with van der Waals surface area (Å²) >= 11 is 5.71. The summed E-state index contributed by atoms with van der Waals surface area (Å²) in [6.45, 7) is 0. The van der Waals surface area contributed by atoms with Crippen LogP contribution in [-0.2, 0) is 0 Å². The van der Waals surface area contributed by atoms with E-state index in [1.165, 1.54) is 18.6 Å². The van der Waals surface area contributed by atoms with Crippen LogP contribution in [0.15, 0.2) is 42.9 Å². The summed E-state index contributed by atoms with van der Waals surface area (Å²) in [4.78, 5) is 17.2. The van der Waals surface area contributed by atoms with E-state index < -0.39 is 5.97 Å². The number of nitrogens with zero attached hydrogens (tertiary/aromatic N) is 5. The molecule has 0 unspecified atom stereocenters. The number of nitrogens with one attached hydrogen (secondary N) is 1. The van der Waals surface area contributed by atoms with Crippen LogP contribution < -0.4 is 0 Å². The Morgan fingerprint density at radius 3 is 2.43 bits per heavy atom. The van der Waals surface area contributed by atoms with Crippen LogP contribution in [-0.4, -0.2) is 41.7 Å². The number of hydrogen-bond donors (Lipinski definition) is 2. The standard InChI is InChI=1S/C7H5ClN4.C5H4N2O2/c8-6-3-1-5(2-4-6)7-9-11-12-10-7;8-5(9)4-3-6-1-2-7-4/h1-4H,(H,9,10,11,12);1-3H,(H,8,9). The molecule has 0 atom stereocenters. The Labute approximate surface area is 123 Å². The third kappa shape index (κ3) is 4.32. The van der Waals surface area contributed by atoms with Crippen molar-refractivity contribution in [1.82, 2.24) is 30.6 Å². The Kier molecular flexibility index (Phi) is 4.89. The lowest BCUT2D eigenvalue weighted by Crippen LogP contribution is -1.99. The van der Waals surface area contributed by atoms with Crippen LogP contribution in [0, 0.1) is 0 Å². The number of carboxylic acids is 1. The molecule has 0 amide bonds. The van der Waals surface area contributed by atoms with E-state index in [9.17, 15) is 4.79 Å². The van der Waals surface area contributed by atoms with Crippen molar-refractivity contribution in [1.29, 1.82) is 0 Å². The van der Waals surface area contributed by atoms with Gasteiger partial charge in [0.1, 0.15) is 0 Å². The molecule has 2 N–H and O–H groups in total. The summed E-state index contributed by atoms with van der Waals surface area (Å²) < 4.78 is 0. The molecule has 1 aromatic carbocycles. The summed E-state index contributed by atoms with van der Waals surface area (Å²) in [7, 11) is 0. The first-order valence-electron chi connectivity index (χ1n) is 5.66. The normalized spacial score (nSPS) is 9.57. The van der Waals surface area contributed by atoms with E-state index in [0.29, 0.717) is 10.8 Å². The average Bonchev–Trinajstić information content (AvgIpc) is 3.04. The van der Waals surface area contributed by atoms with Crippen LogP contribution >= 0.6 is 11.6 Å². The number of H-pyrrole nitrogens is 1. The van der Waals surface area contributed by atoms with Gasteiger partial charge in [0.05, 0.1) is 6.20 Å². The van der Waals surface area contributed by atoms with Gasteiger partial charge < -0.3 is 5.11 Å². The highest BCUT2D eigenvalue weighted by Crippen LogP contribution is 2.16. The fraction of sp³-hybridized carbons (Fsp3) is 0. The second-order valence-electron chi connectivity index (χ2n) is 3.65. The Bertz CT molecular complexity index is 688. The summed E-state index contributed by atoms with van der Waals surface area (Å²) in [6.07, 6.45) is 3.96. The predicted molar refractivity (Wildman–Crippen MR) is 73.6 cm³/mol. The first kappa shape index (κ1) is 14.5. The maximum absolute atomic E-state index is 10.1. The monoisotopic (exact) mass is 304 g/mol. The molecule has 0 saturated heterocycles. The maximum Gasteiger partial charge on any atom is 0.356 e. The van der Waals surface area contributed by atoms with Crippen LogP contribution in [0.5, 0.6) is 0 Å². The van der Waals surface area contributed by atoms with Gasteiger partial charge in [-0.1, -0.05) is 11.6 Å². The van der Waals surface area contributed by atoms with E-state index in [1.807, 2.05) is 12.1 Å². The van der Waals surface area contributed by atoms with Gasteiger partial charge in [0.25, 0.3) is 0 Å². The molecule has 3 rings (SSSR count). The number of hydrogen-bond acceptors (Lipinski definition) is 6. The highest BCUT2D eigenvalue weighted by Gasteiger charge is 2.00. The number of carboxylic acid groups (broad SMARTS) is 1. The molecule has 8 nitrogen and oxygen atoms in total. The van der Waals surface area contributed by atoms with Gasteiger partial charge in [-0.25, -0.2) is 14.9 Å². The summed E-state index contributed by atoms with van der Waals surface area (Å²) in [5.74, 6) is -0.408. The van der Waals surface area contributed by atoms with Gasteiger partial charge in [-0.3, -0.25) is 4.98 Å². The minimum atomic E-state index is -1.05. The quantitative estimate of drug-likeness (QED) is 0.739. The van der Waals surface area contributed by atoms with Crippen LogP contribution in [0.2, 0.25) is 5.02 Å². The fourth-order valence-corrected chi connectivity index (χ4v) is 1.42. The molecule has 0 fully saturated rings. The lowest BCUT2D eigenvalue weighted by atomic mass is 10.2. The van der Waals surface area contributed by atoms with Crippen molar-refractivity contribution in [3.05, 3.63) is 53.6 Å². The summed E-state index contributed by atoms with van der Waals surface area (Å²) in [5, 5.41) is 22.3. The molecule has 0 aliphatic carbocycles. The fourth-order valence-electron chi connectivity index (χ4n) is 1.30. The predicted octanol–water partition coefficient (Wildman–Crippen LogP) is 1.69. The number of tetrazole rings is 1. The molecule has 106 valence electrons. The molecule has 2 aromatic heterocycles. The number of carbonyl (C=O) groups is 1. The van der Waals surface area contributed by atoms with Crippen LogP contribution in [0.3, 0.4) is 0 Å². The molecule has 9 heteroatoms. The van der Waals surface area contributed by atoms with Crippen molar-refractivity contribution in [3.63, 3.8) is 0 Å². The van der Waals surface area contributed by atoms with Crippen molar-refractivity contribution < 1.29 is 9.90 Å². The zero-order chi connectivity index (χ0) is 15.1. The molecule has 0 bridgehead atoms. The molecule has 0 radical (unpaired) electrons. The molecule has 0 aliphatic rings. The van der Waals surface area contributed by atoms with Gasteiger partial charge in [-0.05, 0) is 34.7 Å². The second-order valence-corrected chi connectivity index (χ2v) is 4.09. The van der Waals surface area contributed by atoms with E-state index in [4.69, 9.17) is 16.7 Å². The molecule has 21 heavy (non-hydrogen) atoms. The largest absolute Gasteiger partial charge is 0.476 e. The average molecular weight is 305 g/mol. The zero-order valence-electron chi connectivity index (χ0n) is 10.5. The molecule has 0 aliphatic heterocycles. The van der Waals surface area contributed by atoms with Crippen LogP contribution in [0.1, 0.15) is 10.5 Å². The van der Waals surface area contributed by atoms with E-state index in [-0.39, 0.29) is 5.69 Å². The summed E-state index contributed by atoms with van der Waals surface area (Å²) in [5.41, 5.74) is 0.891. The molecule has 2 heterocycles. The zero-order valence-corrected chi connectivity index (χ0v) is 11.3. The second kappa shape index (κ2) is 7.06. The Hall–Kier alpha value is -2.87. The summed E-state index contributed by atoms with van der Waals surface area (Å²) in [6, 6.07) is 7.29. The van der Waals surface area contributed by atoms with Crippen molar-refractivity contribution in [2.24, 2.45) is 0 Å². The lowest BCUT2D eigenvalue weighted by Gasteiger charge is -1.93. The third-order valence-electron chi connectivity index (χ3n) is 2.25. The van der Waals surface area contributed by atoms with Crippen LogP contribution in [0.25, 0.3) is 11.4 Å². The van der Waals surface area contributed by atoms with Crippen molar-refractivity contribution in [3.8, 4) is 11.4 Å². The molecule has 0 spiro atoms. The smallest absolute Gasteiger partial charge is 0.356 e. The first-order chi connectivity index (χ1) is 10.2. The van der Waals surface area contributed by atoms with Crippen molar-refractivity contribution >= 4 is 17.6 Å². The number of rotatable bonds is 2. The highest BCUT2D eigenvalue weighted by atomic mass is 35.5. The van der Waals surface area contributed by atoms with Gasteiger partial charge in [-0.2, -0.15) is 0 Å². The number of aromatic amines is 1. The lowest BCUT2D eigenvalue weighted by molar-refractivity contribution is 0.0690. The Morgan fingerprint density at radius 1 is 1.19 bits per heavy atom. The highest BCUT2D eigenvalue weighted by molar-refractivity contribution is 6.30. The van der Waals surface area contributed by atoms with E-state index >= 15 is 0 Å². The van der Waals surface area contributed by atoms with E-state index in [2.05, 4.69) is 30.6 Å². The molecule has 0 saturated carbocycles. The van der Waals surface area contributed by atoms with Gasteiger partial charge in [0.15, 0.2) is 11.5 Å². The number of halogens is 1. The topological polar surface area (TPSA) is 118 Å². The Balaban J connectivity index is 0.000000161. The maximum atomic E-state index is 10.1. The molecular formula is C12H9ClN6O2. The van der Waals surface area contributed by atoms with Crippen molar-refractivity contribution in [2.75, 3.05) is 0 Å². The Morgan fingerprint density at radius 2 is 1.95 bits per heavy atom. The van der Waals surface area contributed by atoms with E-state index in [1.54, 1.807) is 12.1 Å². The minimum Gasteiger partial charge on any atom is -0.476 e. The third-order valence-corrected chi connectivity index (χ3v) is 2.50. The first-order valence-corrected chi connectivity index (χ1v) is 6.03. The SMILES string of the molecule is Clc1ccc(-c2nnn[nH]2)cc1.O=C(O)c1cnccn1. The van der Waals surface area contributed by atoms with E-state index in [0.717, 1.165) is 5.56 Å². The molecular weight excluding hydrogens is 296 g/mol. The number of aromatic carboxylic acids is 1. The number of aromatic nitrogens is 6. The minimum absolute atomic E-state index is 0.0301. The van der Waals surface area contributed by atoms with Crippen molar-refractivity contribution in [2.45, 2.75) is 0 Å². The van der Waals surface area contributed by atoms with Crippen LogP contribution in [0.4, 0.5) is 0 Å². The van der Waals surface area contributed by atoms with Gasteiger partial charge in [0.2, 0.25) is 0 Å².